The van der Waals surface area contributed by atoms with Gasteiger partial charge in [-0.1, -0.05) is 115 Å². The molecule has 4 aromatic heterocycles. The second kappa shape index (κ2) is 8.87. The number of hydrogen-bond donors (Lipinski definition) is 0. The Bertz CT molecular complexity index is 3160. The third-order valence-corrected chi connectivity index (χ3v) is 9.97. The first kappa shape index (κ1) is 24.9. The zero-order chi connectivity index (χ0) is 30.8. The van der Waals surface area contributed by atoms with Crippen LogP contribution in [0.15, 0.2) is 153 Å². The number of furan rings is 2. The molecule has 4 heteroatoms. The maximum absolute atomic E-state index is 14.5. The van der Waals surface area contributed by atoms with Crippen LogP contribution in [0.25, 0.3) is 104 Å². The van der Waals surface area contributed by atoms with Crippen molar-refractivity contribution in [1.29, 1.82) is 0 Å². The SMILES string of the molecule is O=c1c2ccccc2c2c(-c3cccc4c3oc3ccccc34)ccc3c4ccc(-c5cccc6c5oc5ccccc56)cc4n1c32. The predicted octanol–water partition coefficient (Wildman–Crippen LogP) is 11.3. The number of para-hydroxylation sites is 4. The minimum absolute atomic E-state index is 0.0220. The maximum atomic E-state index is 14.5. The zero-order valence-electron chi connectivity index (χ0n) is 25.0. The summed E-state index contributed by atoms with van der Waals surface area (Å²) in [6, 6.07) is 47.7. The van der Waals surface area contributed by atoms with Gasteiger partial charge in [0.25, 0.3) is 5.56 Å². The molecular formula is C43H23NO3. The maximum Gasteiger partial charge on any atom is 0.263 e. The van der Waals surface area contributed by atoms with E-state index in [0.717, 1.165) is 98.7 Å². The van der Waals surface area contributed by atoms with Crippen molar-refractivity contribution in [3.8, 4) is 22.3 Å². The Morgan fingerprint density at radius 3 is 1.72 bits per heavy atom. The van der Waals surface area contributed by atoms with Crippen LogP contribution in [0.3, 0.4) is 0 Å². The Kier molecular flexibility index (Phi) is 4.69. The van der Waals surface area contributed by atoms with Gasteiger partial charge >= 0.3 is 0 Å². The van der Waals surface area contributed by atoms with Crippen molar-refractivity contribution in [2.45, 2.75) is 0 Å². The van der Waals surface area contributed by atoms with E-state index < -0.39 is 0 Å². The van der Waals surface area contributed by atoms with E-state index in [9.17, 15) is 4.79 Å². The highest BCUT2D eigenvalue weighted by Crippen LogP contribution is 2.44. The number of rotatable bonds is 2. The molecule has 0 spiro atoms. The highest BCUT2D eigenvalue weighted by atomic mass is 16.3. The van der Waals surface area contributed by atoms with Gasteiger partial charge < -0.3 is 8.83 Å². The number of aromatic nitrogens is 1. The fourth-order valence-corrected chi connectivity index (χ4v) is 7.92. The summed E-state index contributed by atoms with van der Waals surface area (Å²) in [4.78, 5) is 14.5. The molecule has 4 nitrogen and oxygen atoms in total. The Balaban J connectivity index is 1.27. The molecule has 218 valence electrons. The van der Waals surface area contributed by atoms with Gasteiger partial charge in [-0.25, -0.2) is 0 Å². The van der Waals surface area contributed by atoms with Gasteiger partial charge in [0.1, 0.15) is 22.3 Å². The van der Waals surface area contributed by atoms with E-state index in [0.29, 0.717) is 5.39 Å². The van der Waals surface area contributed by atoms with E-state index >= 15 is 0 Å². The van der Waals surface area contributed by atoms with Gasteiger partial charge in [0, 0.05) is 54.2 Å². The molecule has 0 N–H and O–H groups in total. The predicted molar refractivity (Wildman–Crippen MR) is 193 cm³/mol. The van der Waals surface area contributed by atoms with Gasteiger partial charge in [0.15, 0.2) is 0 Å². The van der Waals surface area contributed by atoms with Crippen LogP contribution in [-0.2, 0) is 0 Å². The normalized spacial score (nSPS) is 12.3. The average Bonchev–Trinajstić information content (AvgIpc) is 3.80. The molecule has 0 radical (unpaired) electrons. The molecule has 0 saturated heterocycles. The Labute approximate surface area is 266 Å². The largest absolute Gasteiger partial charge is 0.455 e. The van der Waals surface area contributed by atoms with Crippen LogP contribution in [0.1, 0.15) is 0 Å². The Hall–Kier alpha value is -6.39. The van der Waals surface area contributed by atoms with E-state index in [-0.39, 0.29) is 5.56 Å². The van der Waals surface area contributed by atoms with Crippen molar-refractivity contribution >= 4 is 81.8 Å². The molecule has 7 aromatic carbocycles. The average molecular weight is 602 g/mol. The van der Waals surface area contributed by atoms with Gasteiger partial charge in [-0.3, -0.25) is 9.20 Å². The van der Waals surface area contributed by atoms with E-state index in [1.807, 2.05) is 59.0 Å². The van der Waals surface area contributed by atoms with Crippen molar-refractivity contribution < 1.29 is 8.83 Å². The highest BCUT2D eigenvalue weighted by Gasteiger charge is 2.23. The second-order valence-corrected chi connectivity index (χ2v) is 12.4. The molecule has 11 aromatic rings. The zero-order valence-corrected chi connectivity index (χ0v) is 25.0. The lowest BCUT2D eigenvalue weighted by Crippen LogP contribution is -2.13. The van der Waals surface area contributed by atoms with E-state index in [1.54, 1.807) is 0 Å². The summed E-state index contributed by atoms with van der Waals surface area (Å²) < 4.78 is 14.8. The van der Waals surface area contributed by atoms with Crippen molar-refractivity contribution in [3.05, 3.63) is 150 Å². The molecule has 0 saturated carbocycles. The van der Waals surface area contributed by atoms with Crippen LogP contribution < -0.4 is 5.56 Å². The summed E-state index contributed by atoms with van der Waals surface area (Å²) in [6.45, 7) is 0. The standard InChI is InChI=1S/C43H23NO3/c45-43-35-12-2-1-11-29(35)39-30(34-16-8-15-33-28-10-4-6-18-38(28)47-42(33)34)21-22-31-26-20-19-24(23-36(26)44(43)40(31)39)25-13-7-14-32-27-9-3-5-17-37(27)46-41(25)32/h1-23H. The molecule has 0 aliphatic heterocycles. The molecule has 0 fully saturated rings. The minimum atomic E-state index is -0.0220. The fraction of sp³-hybridized carbons (Fsp3) is 0. The van der Waals surface area contributed by atoms with Gasteiger partial charge in [0.05, 0.1) is 11.0 Å². The highest BCUT2D eigenvalue weighted by molar-refractivity contribution is 6.26. The number of fused-ring (bicyclic) bond motifs is 11. The molecule has 0 unspecified atom stereocenters. The summed E-state index contributed by atoms with van der Waals surface area (Å²) in [5.41, 5.74) is 9.26. The minimum Gasteiger partial charge on any atom is -0.455 e. The van der Waals surface area contributed by atoms with Crippen molar-refractivity contribution in [3.63, 3.8) is 0 Å². The van der Waals surface area contributed by atoms with Crippen LogP contribution in [-0.4, -0.2) is 4.40 Å². The number of nitrogens with zero attached hydrogens (tertiary/aromatic N) is 1. The van der Waals surface area contributed by atoms with Crippen LogP contribution in [0.5, 0.6) is 0 Å². The van der Waals surface area contributed by atoms with Gasteiger partial charge in [0.2, 0.25) is 0 Å². The molecule has 11 rings (SSSR count). The summed E-state index contributed by atoms with van der Waals surface area (Å²) in [5.74, 6) is 0. The molecule has 0 atom stereocenters. The van der Waals surface area contributed by atoms with Crippen molar-refractivity contribution in [1.82, 2.24) is 4.40 Å². The number of pyridine rings is 1. The third kappa shape index (κ3) is 3.19. The van der Waals surface area contributed by atoms with Crippen LogP contribution in [0, 0.1) is 0 Å². The van der Waals surface area contributed by atoms with Gasteiger partial charge in [-0.15, -0.1) is 0 Å². The van der Waals surface area contributed by atoms with E-state index in [1.165, 1.54) is 0 Å². The molecule has 0 aliphatic carbocycles. The first-order chi connectivity index (χ1) is 23.2. The lowest BCUT2D eigenvalue weighted by molar-refractivity contribution is 0.669. The summed E-state index contributed by atoms with van der Waals surface area (Å²) in [6.07, 6.45) is 0. The first-order valence-corrected chi connectivity index (χ1v) is 15.8. The summed E-state index contributed by atoms with van der Waals surface area (Å²) in [5, 5.41) is 9.10. The first-order valence-electron chi connectivity index (χ1n) is 15.8. The van der Waals surface area contributed by atoms with Gasteiger partial charge in [-0.2, -0.15) is 0 Å². The summed E-state index contributed by atoms with van der Waals surface area (Å²) >= 11 is 0. The lowest BCUT2D eigenvalue weighted by Gasteiger charge is -2.12. The summed E-state index contributed by atoms with van der Waals surface area (Å²) in [7, 11) is 0. The van der Waals surface area contributed by atoms with Crippen LogP contribution in [0.4, 0.5) is 0 Å². The number of hydrogen-bond acceptors (Lipinski definition) is 3. The topological polar surface area (TPSA) is 47.8 Å². The Morgan fingerprint density at radius 1 is 0.426 bits per heavy atom. The smallest absolute Gasteiger partial charge is 0.263 e. The van der Waals surface area contributed by atoms with Crippen LogP contribution in [0.2, 0.25) is 0 Å². The molecule has 0 bridgehead atoms. The van der Waals surface area contributed by atoms with Crippen molar-refractivity contribution in [2.24, 2.45) is 0 Å². The molecule has 0 amide bonds. The third-order valence-electron chi connectivity index (χ3n) is 9.97. The number of benzene rings is 7. The monoisotopic (exact) mass is 601 g/mol. The van der Waals surface area contributed by atoms with Crippen LogP contribution >= 0.6 is 0 Å². The second-order valence-electron chi connectivity index (χ2n) is 12.4. The lowest BCUT2D eigenvalue weighted by atomic mass is 9.94. The van der Waals surface area contributed by atoms with Gasteiger partial charge in [-0.05, 0) is 40.8 Å². The molecule has 47 heavy (non-hydrogen) atoms. The quantitative estimate of drug-likeness (QED) is 0.185. The molecule has 4 heterocycles. The van der Waals surface area contributed by atoms with E-state index in [2.05, 4.69) is 84.9 Å². The Morgan fingerprint density at radius 2 is 1.00 bits per heavy atom. The molecule has 0 aliphatic rings. The van der Waals surface area contributed by atoms with E-state index in [4.69, 9.17) is 8.83 Å². The van der Waals surface area contributed by atoms with Crippen molar-refractivity contribution in [2.75, 3.05) is 0 Å². The fourth-order valence-electron chi connectivity index (χ4n) is 7.92. The molecular weight excluding hydrogens is 578 g/mol.